The molecule has 0 aliphatic carbocycles. The Hall–Kier alpha value is -0.710. The largest absolute Gasteiger partial charge is 0.330 e. The molecule has 3 nitrogen and oxygen atoms in total. The Morgan fingerprint density at radius 1 is 1.47 bits per heavy atom. The molecular weight excluding hydrogens is 280 g/mol. The Morgan fingerprint density at radius 2 is 2.16 bits per heavy atom. The number of aryl methyl sites for hydroxylation is 2. The molecular formula is C14H21ClN2OS. The minimum absolute atomic E-state index is 0.0249. The first-order valence-corrected chi connectivity index (χ1v) is 7.81. The summed E-state index contributed by atoms with van der Waals surface area (Å²) in [6.07, 6.45) is 0. The SMILES string of the molecule is Cc1cc(C)c(NC(=O)CSCC(C)CN)c(Cl)c1. The van der Waals surface area contributed by atoms with Crippen LogP contribution in [0, 0.1) is 19.8 Å². The van der Waals surface area contributed by atoms with Gasteiger partial charge in [-0.25, -0.2) is 0 Å². The van der Waals surface area contributed by atoms with Crippen molar-refractivity contribution in [2.75, 3.05) is 23.4 Å². The molecule has 0 radical (unpaired) electrons. The summed E-state index contributed by atoms with van der Waals surface area (Å²) in [4.78, 5) is 11.8. The molecule has 3 N–H and O–H groups in total. The third-order valence-corrected chi connectivity index (χ3v) is 4.30. The maximum Gasteiger partial charge on any atom is 0.234 e. The van der Waals surface area contributed by atoms with Gasteiger partial charge in [-0.15, -0.1) is 0 Å². The molecule has 0 saturated carbocycles. The van der Waals surface area contributed by atoms with Crippen molar-refractivity contribution >= 4 is 35.0 Å². The van der Waals surface area contributed by atoms with Crippen LogP contribution in [0.25, 0.3) is 0 Å². The van der Waals surface area contributed by atoms with Crippen LogP contribution in [0.3, 0.4) is 0 Å². The topological polar surface area (TPSA) is 55.1 Å². The van der Waals surface area contributed by atoms with Crippen molar-refractivity contribution in [2.24, 2.45) is 11.7 Å². The molecule has 0 heterocycles. The van der Waals surface area contributed by atoms with Crippen LogP contribution in [-0.4, -0.2) is 24.0 Å². The lowest BCUT2D eigenvalue weighted by Crippen LogP contribution is -2.18. The van der Waals surface area contributed by atoms with Gasteiger partial charge in [0.2, 0.25) is 5.91 Å². The molecule has 106 valence electrons. The number of carbonyl (C=O) groups is 1. The van der Waals surface area contributed by atoms with E-state index in [1.807, 2.05) is 26.0 Å². The predicted molar refractivity (Wildman–Crippen MR) is 85.1 cm³/mol. The van der Waals surface area contributed by atoms with Crippen LogP contribution in [0.4, 0.5) is 5.69 Å². The Morgan fingerprint density at radius 3 is 2.74 bits per heavy atom. The minimum atomic E-state index is -0.0249. The lowest BCUT2D eigenvalue weighted by atomic mass is 10.1. The van der Waals surface area contributed by atoms with E-state index in [4.69, 9.17) is 17.3 Å². The fraction of sp³-hybridized carbons (Fsp3) is 0.500. The van der Waals surface area contributed by atoms with E-state index in [-0.39, 0.29) is 5.91 Å². The number of nitrogens with two attached hydrogens (primary N) is 1. The Kier molecular flexibility index (Phi) is 6.69. The van der Waals surface area contributed by atoms with Crippen LogP contribution in [0.2, 0.25) is 5.02 Å². The standard InChI is InChI=1S/C14H21ClN2OS/c1-9-4-11(3)14(12(15)5-9)17-13(18)8-19-7-10(2)6-16/h4-5,10H,6-8,16H2,1-3H3,(H,17,18). The summed E-state index contributed by atoms with van der Waals surface area (Å²) in [6.45, 7) is 6.65. The van der Waals surface area contributed by atoms with Gasteiger partial charge in [0, 0.05) is 0 Å². The molecule has 1 aromatic rings. The van der Waals surface area contributed by atoms with E-state index in [0.717, 1.165) is 16.9 Å². The van der Waals surface area contributed by atoms with Crippen LogP contribution < -0.4 is 11.1 Å². The van der Waals surface area contributed by atoms with Crippen LogP contribution in [-0.2, 0) is 4.79 Å². The maximum atomic E-state index is 11.8. The predicted octanol–water partition coefficient (Wildman–Crippen LogP) is 3.22. The molecule has 19 heavy (non-hydrogen) atoms. The summed E-state index contributed by atoms with van der Waals surface area (Å²) in [5.41, 5.74) is 8.32. The molecule has 1 rings (SSSR count). The maximum absolute atomic E-state index is 11.8. The zero-order chi connectivity index (χ0) is 14.4. The van der Waals surface area contributed by atoms with E-state index in [2.05, 4.69) is 12.2 Å². The summed E-state index contributed by atoms with van der Waals surface area (Å²) in [7, 11) is 0. The number of carbonyl (C=O) groups excluding carboxylic acids is 1. The van der Waals surface area contributed by atoms with Gasteiger partial charge in [-0.1, -0.05) is 24.6 Å². The monoisotopic (exact) mass is 300 g/mol. The Labute approximate surface area is 124 Å². The van der Waals surface area contributed by atoms with Crippen molar-refractivity contribution < 1.29 is 4.79 Å². The highest BCUT2D eigenvalue weighted by atomic mass is 35.5. The molecule has 0 aromatic heterocycles. The number of hydrogen-bond donors (Lipinski definition) is 2. The highest BCUT2D eigenvalue weighted by molar-refractivity contribution is 7.99. The quantitative estimate of drug-likeness (QED) is 0.848. The number of thioether (sulfide) groups is 1. The van der Waals surface area contributed by atoms with Crippen LogP contribution in [0.5, 0.6) is 0 Å². The highest BCUT2D eigenvalue weighted by Gasteiger charge is 2.10. The average Bonchev–Trinajstić information content (AvgIpc) is 2.33. The molecule has 0 bridgehead atoms. The van der Waals surface area contributed by atoms with Gasteiger partial charge in [0.25, 0.3) is 0 Å². The lowest BCUT2D eigenvalue weighted by molar-refractivity contribution is -0.113. The van der Waals surface area contributed by atoms with Gasteiger partial charge in [-0.2, -0.15) is 11.8 Å². The van der Waals surface area contributed by atoms with Crippen molar-refractivity contribution in [2.45, 2.75) is 20.8 Å². The Bertz CT molecular complexity index is 428. The van der Waals surface area contributed by atoms with Crippen LogP contribution in [0.15, 0.2) is 12.1 Å². The molecule has 5 heteroatoms. The van der Waals surface area contributed by atoms with E-state index in [0.29, 0.717) is 28.9 Å². The summed E-state index contributed by atoms with van der Waals surface area (Å²) >= 11 is 7.74. The Balaban J connectivity index is 2.53. The zero-order valence-corrected chi connectivity index (χ0v) is 13.2. The van der Waals surface area contributed by atoms with Crippen molar-refractivity contribution in [3.63, 3.8) is 0 Å². The second-order valence-corrected chi connectivity index (χ2v) is 6.28. The van der Waals surface area contributed by atoms with Gasteiger partial charge in [0.05, 0.1) is 16.5 Å². The fourth-order valence-corrected chi connectivity index (χ4v) is 2.95. The molecule has 1 unspecified atom stereocenters. The van der Waals surface area contributed by atoms with Gasteiger partial charge >= 0.3 is 0 Å². The van der Waals surface area contributed by atoms with Crippen LogP contribution >= 0.6 is 23.4 Å². The lowest BCUT2D eigenvalue weighted by Gasteiger charge is -2.12. The van der Waals surface area contributed by atoms with E-state index in [9.17, 15) is 4.79 Å². The van der Waals surface area contributed by atoms with Crippen molar-refractivity contribution in [3.05, 3.63) is 28.3 Å². The number of benzene rings is 1. The molecule has 0 aliphatic heterocycles. The van der Waals surface area contributed by atoms with Gasteiger partial charge in [0.1, 0.15) is 0 Å². The number of anilines is 1. The molecule has 0 spiro atoms. The normalized spacial score (nSPS) is 12.3. The van der Waals surface area contributed by atoms with E-state index >= 15 is 0 Å². The number of amides is 1. The molecule has 1 amide bonds. The number of halogens is 1. The van der Waals surface area contributed by atoms with E-state index in [1.54, 1.807) is 11.8 Å². The smallest absolute Gasteiger partial charge is 0.234 e. The molecule has 1 atom stereocenters. The van der Waals surface area contributed by atoms with E-state index in [1.165, 1.54) is 0 Å². The second-order valence-electron chi connectivity index (χ2n) is 4.84. The average molecular weight is 301 g/mol. The molecule has 0 aliphatic rings. The van der Waals surface area contributed by atoms with Crippen molar-refractivity contribution in [1.82, 2.24) is 0 Å². The first kappa shape index (κ1) is 16.3. The third kappa shape index (κ3) is 5.43. The van der Waals surface area contributed by atoms with Crippen molar-refractivity contribution in [1.29, 1.82) is 0 Å². The van der Waals surface area contributed by atoms with Crippen LogP contribution in [0.1, 0.15) is 18.1 Å². The third-order valence-electron chi connectivity index (χ3n) is 2.73. The summed E-state index contributed by atoms with van der Waals surface area (Å²) in [5.74, 6) is 1.73. The number of rotatable bonds is 6. The van der Waals surface area contributed by atoms with Crippen molar-refractivity contribution in [3.8, 4) is 0 Å². The van der Waals surface area contributed by atoms with E-state index < -0.39 is 0 Å². The number of hydrogen-bond acceptors (Lipinski definition) is 3. The minimum Gasteiger partial charge on any atom is -0.330 e. The second kappa shape index (κ2) is 7.78. The van der Waals surface area contributed by atoms with Gasteiger partial charge in [-0.05, 0) is 49.3 Å². The first-order valence-electron chi connectivity index (χ1n) is 6.28. The summed E-state index contributed by atoms with van der Waals surface area (Å²) in [5, 5.41) is 3.46. The molecule has 0 fully saturated rings. The zero-order valence-electron chi connectivity index (χ0n) is 11.6. The fourth-order valence-electron chi connectivity index (χ4n) is 1.67. The van der Waals surface area contributed by atoms with Gasteiger partial charge in [-0.3, -0.25) is 4.79 Å². The molecule has 1 aromatic carbocycles. The van der Waals surface area contributed by atoms with Gasteiger partial charge in [0.15, 0.2) is 0 Å². The van der Waals surface area contributed by atoms with Gasteiger partial charge < -0.3 is 11.1 Å². The highest BCUT2D eigenvalue weighted by Crippen LogP contribution is 2.27. The number of nitrogens with one attached hydrogen (secondary N) is 1. The first-order chi connectivity index (χ1) is 8.93. The summed E-state index contributed by atoms with van der Waals surface area (Å²) < 4.78 is 0. The summed E-state index contributed by atoms with van der Waals surface area (Å²) in [6, 6.07) is 3.86. The molecule has 0 saturated heterocycles.